The minimum Gasteiger partial charge on any atom is -0.393 e. The van der Waals surface area contributed by atoms with Crippen molar-refractivity contribution in [2.45, 2.75) is 25.1 Å². The molecule has 3 N–H and O–H groups in total. The molecular weight excluding hydrogens is 397 g/mol. The number of rotatable bonds is 6. The molecule has 0 saturated carbocycles. The van der Waals surface area contributed by atoms with Crippen molar-refractivity contribution in [1.82, 2.24) is 9.55 Å². The maximum Gasteiger partial charge on any atom is 0.146 e. The number of benzene rings is 2. The second-order valence-corrected chi connectivity index (χ2v) is 7.35. The van der Waals surface area contributed by atoms with Crippen molar-refractivity contribution in [2.75, 3.05) is 25.1 Å². The number of ether oxygens (including phenoxy) is 1. The molecule has 2 atom stereocenters. The Morgan fingerprint density at radius 1 is 1.19 bits per heavy atom. The van der Waals surface area contributed by atoms with Crippen molar-refractivity contribution >= 4 is 5.69 Å². The van der Waals surface area contributed by atoms with Gasteiger partial charge >= 0.3 is 0 Å². The van der Waals surface area contributed by atoms with Crippen LogP contribution in [0.1, 0.15) is 23.9 Å². The number of hydrogen-bond acceptors (Lipinski definition) is 5. The van der Waals surface area contributed by atoms with E-state index in [0.29, 0.717) is 24.7 Å². The molecule has 1 aliphatic heterocycles. The summed E-state index contributed by atoms with van der Waals surface area (Å²) in [6.45, 7) is 0.889. The first kappa shape index (κ1) is 21.1. The number of imidazole rings is 1. The monoisotopic (exact) mass is 421 g/mol. The highest BCUT2D eigenvalue weighted by atomic mass is 19.1. The highest BCUT2D eigenvalue weighted by Gasteiger charge is 2.17. The molecule has 1 saturated heterocycles. The molecule has 7 heteroatoms. The van der Waals surface area contributed by atoms with E-state index in [2.05, 4.69) is 22.1 Å². The minimum absolute atomic E-state index is 0.150. The zero-order valence-corrected chi connectivity index (χ0v) is 17.0. The predicted molar refractivity (Wildman–Crippen MR) is 116 cm³/mol. The fourth-order valence-corrected chi connectivity index (χ4v) is 3.55. The van der Waals surface area contributed by atoms with E-state index >= 15 is 0 Å². The van der Waals surface area contributed by atoms with Gasteiger partial charge in [-0.3, -0.25) is 0 Å². The Hall–Kier alpha value is -3.18. The lowest BCUT2D eigenvalue weighted by molar-refractivity contribution is 0.195. The molecule has 0 spiro atoms. The van der Waals surface area contributed by atoms with Crippen LogP contribution >= 0.6 is 0 Å². The number of aromatic nitrogens is 2. The molecule has 2 heterocycles. The second kappa shape index (κ2) is 9.75. The van der Waals surface area contributed by atoms with Gasteiger partial charge in [-0.15, -0.1) is 0 Å². The average Bonchev–Trinajstić information content (AvgIpc) is 3.48. The molecule has 1 fully saturated rings. The third-order valence-corrected chi connectivity index (χ3v) is 5.26. The van der Waals surface area contributed by atoms with Gasteiger partial charge in [-0.1, -0.05) is 30.0 Å². The van der Waals surface area contributed by atoms with E-state index in [1.807, 2.05) is 30.3 Å². The fraction of sp³-hybridized carbons (Fsp3) is 0.292. The minimum atomic E-state index is -0.497. The molecule has 6 nitrogen and oxygen atoms in total. The van der Waals surface area contributed by atoms with Gasteiger partial charge in [0.2, 0.25) is 0 Å². The number of aliphatic hydroxyl groups is 2. The number of halogens is 1. The van der Waals surface area contributed by atoms with Gasteiger partial charge < -0.3 is 24.8 Å². The van der Waals surface area contributed by atoms with Crippen LogP contribution in [0.3, 0.4) is 0 Å². The third-order valence-electron chi connectivity index (χ3n) is 5.26. The molecule has 0 radical (unpaired) electrons. The standard InChI is InChI=1S/C24H24FN3O3/c25-22-13-19(6-8-23(22)27-20-9-12-31-16-20)18-4-1-17(2-5-18)3-7-21(14-29)28-11-10-26-24(28)15-30/h1-2,4-6,8,10-11,13,20-21,27,29-30H,9,12,14-16H2. The normalized spacial score (nSPS) is 16.5. The lowest BCUT2D eigenvalue weighted by Crippen LogP contribution is -2.19. The molecule has 0 aliphatic carbocycles. The van der Waals surface area contributed by atoms with Crippen LogP contribution in [0.4, 0.5) is 10.1 Å². The van der Waals surface area contributed by atoms with Gasteiger partial charge in [-0.2, -0.15) is 0 Å². The maximum absolute atomic E-state index is 14.5. The van der Waals surface area contributed by atoms with Gasteiger partial charge in [-0.25, -0.2) is 9.37 Å². The predicted octanol–water partition coefficient (Wildman–Crippen LogP) is 2.97. The van der Waals surface area contributed by atoms with Gasteiger partial charge in [0.05, 0.1) is 24.9 Å². The first-order chi connectivity index (χ1) is 15.2. The van der Waals surface area contributed by atoms with Crippen LogP contribution in [0.5, 0.6) is 0 Å². The average molecular weight is 421 g/mol. The quantitative estimate of drug-likeness (QED) is 0.534. The third kappa shape index (κ3) is 4.94. The van der Waals surface area contributed by atoms with Crippen LogP contribution in [-0.4, -0.2) is 45.6 Å². The molecule has 160 valence electrons. The number of nitrogens with zero attached hydrogens (tertiary/aromatic N) is 2. The molecule has 3 aromatic rings. The van der Waals surface area contributed by atoms with E-state index in [-0.39, 0.29) is 25.1 Å². The summed E-state index contributed by atoms with van der Waals surface area (Å²) < 4.78 is 21.5. The summed E-state index contributed by atoms with van der Waals surface area (Å²) in [5.74, 6) is 6.20. The number of aliphatic hydroxyl groups excluding tert-OH is 2. The second-order valence-electron chi connectivity index (χ2n) is 7.35. The summed E-state index contributed by atoms with van der Waals surface area (Å²) in [7, 11) is 0. The molecule has 0 bridgehead atoms. The van der Waals surface area contributed by atoms with Crippen LogP contribution in [0.25, 0.3) is 11.1 Å². The first-order valence-corrected chi connectivity index (χ1v) is 10.2. The van der Waals surface area contributed by atoms with Crippen LogP contribution in [0.15, 0.2) is 54.9 Å². The van der Waals surface area contributed by atoms with Crippen LogP contribution in [0.2, 0.25) is 0 Å². The molecule has 0 amide bonds. The molecule has 2 unspecified atom stereocenters. The lowest BCUT2D eigenvalue weighted by atomic mass is 10.0. The zero-order valence-electron chi connectivity index (χ0n) is 17.0. The Kier molecular flexibility index (Phi) is 6.63. The first-order valence-electron chi connectivity index (χ1n) is 10.2. The fourth-order valence-electron chi connectivity index (χ4n) is 3.55. The molecule has 2 aromatic carbocycles. The summed E-state index contributed by atoms with van der Waals surface area (Å²) in [6.07, 6.45) is 4.12. The van der Waals surface area contributed by atoms with E-state index in [0.717, 1.165) is 23.1 Å². The smallest absolute Gasteiger partial charge is 0.146 e. The van der Waals surface area contributed by atoms with Gasteiger partial charge in [0.1, 0.15) is 24.3 Å². The van der Waals surface area contributed by atoms with Gasteiger partial charge in [-0.05, 0) is 41.8 Å². The Balaban J connectivity index is 1.47. The SMILES string of the molecule is OCc1nccn1C(C#Cc1ccc(-c2ccc(NC3CCOC3)c(F)c2)cc1)CO. The van der Waals surface area contributed by atoms with E-state index in [1.165, 1.54) is 6.07 Å². The summed E-state index contributed by atoms with van der Waals surface area (Å²) in [6, 6.07) is 12.3. The van der Waals surface area contributed by atoms with Crippen molar-refractivity contribution in [2.24, 2.45) is 0 Å². The highest BCUT2D eigenvalue weighted by Crippen LogP contribution is 2.26. The summed E-state index contributed by atoms with van der Waals surface area (Å²) in [5, 5.41) is 22.2. The molecule has 4 rings (SSSR count). The zero-order chi connectivity index (χ0) is 21.6. The lowest BCUT2D eigenvalue weighted by Gasteiger charge is -2.14. The van der Waals surface area contributed by atoms with Crippen LogP contribution < -0.4 is 5.32 Å². The van der Waals surface area contributed by atoms with Crippen LogP contribution in [-0.2, 0) is 11.3 Å². The largest absolute Gasteiger partial charge is 0.393 e. The Morgan fingerprint density at radius 3 is 2.68 bits per heavy atom. The number of hydrogen-bond donors (Lipinski definition) is 3. The van der Waals surface area contributed by atoms with Crippen molar-refractivity contribution in [3.63, 3.8) is 0 Å². The number of anilines is 1. The van der Waals surface area contributed by atoms with E-state index in [4.69, 9.17) is 4.74 Å². The summed E-state index contributed by atoms with van der Waals surface area (Å²) in [4.78, 5) is 4.04. The van der Waals surface area contributed by atoms with E-state index in [1.54, 1.807) is 23.0 Å². The van der Waals surface area contributed by atoms with Crippen molar-refractivity contribution in [3.05, 3.63) is 72.1 Å². The molecule has 31 heavy (non-hydrogen) atoms. The molecule has 1 aliphatic rings. The molecular formula is C24H24FN3O3. The summed E-state index contributed by atoms with van der Waals surface area (Å²) in [5.41, 5.74) is 2.92. The van der Waals surface area contributed by atoms with Gasteiger partial charge in [0.25, 0.3) is 0 Å². The Morgan fingerprint density at radius 2 is 2.00 bits per heavy atom. The van der Waals surface area contributed by atoms with E-state index in [9.17, 15) is 14.6 Å². The van der Waals surface area contributed by atoms with Crippen molar-refractivity contribution in [1.29, 1.82) is 0 Å². The van der Waals surface area contributed by atoms with Gasteiger partial charge in [0.15, 0.2) is 0 Å². The van der Waals surface area contributed by atoms with Crippen molar-refractivity contribution < 1.29 is 19.3 Å². The van der Waals surface area contributed by atoms with E-state index < -0.39 is 6.04 Å². The maximum atomic E-state index is 14.5. The van der Waals surface area contributed by atoms with Crippen molar-refractivity contribution in [3.8, 4) is 23.0 Å². The molecule has 1 aromatic heterocycles. The topological polar surface area (TPSA) is 79.5 Å². The van der Waals surface area contributed by atoms with Gasteiger partial charge in [0, 0.05) is 24.6 Å². The number of nitrogens with one attached hydrogen (secondary N) is 1. The Bertz CT molecular complexity index is 1080. The Labute approximate surface area is 180 Å². The van der Waals surface area contributed by atoms with Crippen LogP contribution in [0, 0.1) is 17.7 Å². The highest BCUT2D eigenvalue weighted by molar-refractivity contribution is 5.67. The summed E-state index contributed by atoms with van der Waals surface area (Å²) >= 11 is 0.